The van der Waals surface area contributed by atoms with Crippen molar-refractivity contribution in [2.75, 3.05) is 0 Å². The van der Waals surface area contributed by atoms with Gasteiger partial charge in [0.1, 0.15) is 0 Å². The molecular formula is C13H16ClNO2. The summed E-state index contributed by atoms with van der Waals surface area (Å²) in [6.45, 7) is 5.57. The molecule has 1 N–H and O–H groups in total. The molecule has 0 unspecified atom stereocenters. The van der Waals surface area contributed by atoms with Gasteiger partial charge in [-0.15, -0.1) is 0 Å². The number of nitrogens with one attached hydrogen (secondary N) is 1. The van der Waals surface area contributed by atoms with Crippen LogP contribution in [0.3, 0.4) is 0 Å². The van der Waals surface area contributed by atoms with Gasteiger partial charge in [-0.1, -0.05) is 23.7 Å². The van der Waals surface area contributed by atoms with E-state index in [2.05, 4.69) is 5.48 Å². The first-order chi connectivity index (χ1) is 7.87. The Hall–Kier alpha value is -1.32. The van der Waals surface area contributed by atoms with Crippen molar-refractivity contribution in [3.63, 3.8) is 0 Å². The van der Waals surface area contributed by atoms with Crippen molar-refractivity contribution >= 4 is 23.6 Å². The third-order valence-electron chi connectivity index (χ3n) is 1.73. The molecule has 1 amide bonds. The molecule has 0 saturated heterocycles. The van der Waals surface area contributed by atoms with Crippen molar-refractivity contribution in [2.45, 2.75) is 26.4 Å². The summed E-state index contributed by atoms with van der Waals surface area (Å²) in [5, 5.41) is 0.637. The van der Waals surface area contributed by atoms with Crippen LogP contribution >= 0.6 is 11.6 Å². The maximum absolute atomic E-state index is 11.4. The lowest BCUT2D eigenvalue weighted by Gasteiger charge is -2.17. The molecule has 4 heteroatoms. The lowest BCUT2D eigenvalue weighted by atomic mass is 10.2. The van der Waals surface area contributed by atoms with Crippen LogP contribution in [0.25, 0.3) is 6.08 Å². The third kappa shape index (κ3) is 6.09. The van der Waals surface area contributed by atoms with E-state index in [4.69, 9.17) is 16.4 Å². The Kier molecular flexibility index (Phi) is 4.73. The molecule has 0 fully saturated rings. The topological polar surface area (TPSA) is 38.3 Å². The molecule has 0 aliphatic heterocycles. The van der Waals surface area contributed by atoms with Crippen molar-refractivity contribution in [1.29, 1.82) is 0 Å². The van der Waals surface area contributed by atoms with Crippen molar-refractivity contribution in [1.82, 2.24) is 5.48 Å². The highest BCUT2D eigenvalue weighted by Crippen LogP contribution is 2.11. The van der Waals surface area contributed by atoms with Crippen LogP contribution in [0.4, 0.5) is 0 Å². The Morgan fingerprint density at radius 3 is 2.71 bits per heavy atom. The highest BCUT2D eigenvalue weighted by molar-refractivity contribution is 6.30. The lowest BCUT2D eigenvalue weighted by Crippen LogP contribution is -2.32. The van der Waals surface area contributed by atoms with Gasteiger partial charge in [0.05, 0.1) is 5.60 Å². The van der Waals surface area contributed by atoms with Crippen LogP contribution in [-0.2, 0) is 9.63 Å². The van der Waals surface area contributed by atoms with Crippen LogP contribution in [0.1, 0.15) is 26.3 Å². The number of rotatable bonds is 3. The normalized spacial score (nSPS) is 11.8. The van der Waals surface area contributed by atoms with E-state index in [0.717, 1.165) is 5.56 Å². The summed E-state index contributed by atoms with van der Waals surface area (Å²) in [7, 11) is 0. The largest absolute Gasteiger partial charge is 0.268 e. The number of hydroxylamine groups is 1. The molecule has 92 valence electrons. The second-order valence-corrected chi connectivity index (χ2v) is 5.01. The second kappa shape index (κ2) is 5.84. The highest BCUT2D eigenvalue weighted by Gasteiger charge is 2.11. The summed E-state index contributed by atoms with van der Waals surface area (Å²) in [5.41, 5.74) is 2.81. The summed E-state index contributed by atoms with van der Waals surface area (Å²) in [6, 6.07) is 7.24. The smallest absolute Gasteiger partial charge is 0.267 e. The van der Waals surface area contributed by atoms with Gasteiger partial charge in [-0.2, -0.15) is 0 Å². The van der Waals surface area contributed by atoms with E-state index in [1.54, 1.807) is 18.2 Å². The van der Waals surface area contributed by atoms with Gasteiger partial charge in [-0.05, 0) is 44.5 Å². The van der Waals surface area contributed by atoms with Crippen molar-refractivity contribution in [3.05, 3.63) is 40.9 Å². The zero-order valence-corrected chi connectivity index (χ0v) is 10.9. The fourth-order valence-electron chi connectivity index (χ4n) is 1.02. The van der Waals surface area contributed by atoms with E-state index in [9.17, 15) is 4.79 Å². The molecular weight excluding hydrogens is 238 g/mol. The highest BCUT2D eigenvalue weighted by atomic mass is 35.5. The summed E-state index contributed by atoms with van der Waals surface area (Å²) >= 11 is 5.82. The Bertz CT molecular complexity index is 422. The van der Waals surface area contributed by atoms with Gasteiger partial charge in [0.2, 0.25) is 0 Å². The first-order valence-electron chi connectivity index (χ1n) is 5.28. The zero-order valence-electron chi connectivity index (χ0n) is 10.2. The Morgan fingerprint density at radius 1 is 1.41 bits per heavy atom. The average Bonchev–Trinajstić information content (AvgIpc) is 2.23. The van der Waals surface area contributed by atoms with Gasteiger partial charge >= 0.3 is 0 Å². The average molecular weight is 254 g/mol. The number of benzene rings is 1. The summed E-state index contributed by atoms with van der Waals surface area (Å²) < 4.78 is 0. The molecule has 1 aromatic carbocycles. The molecule has 17 heavy (non-hydrogen) atoms. The van der Waals surface area contributed by atoms with E-state index in [-0.39, 0.29) is 5.91 Å². The maximum Gasteiger partial charge on any atom is 0.267 e. The molecule has 0 heterocycles. The molecule has 1 aromatic rings. The van der Waals surface area contributed by atoms with Gasteiger partial charge in [0.25, 0.3) is 5.91 Å². The summed E-state index contributed by atoms with van der Waals surface area (Å²) in [5.74, 6) is -0.306. The number of amides is 1. The lowest BCUT2D eigenvalue weighted by molar-refractivity contribution is -0.140. The van der Waals surface area contributed by atoms with E-state index in [1.807, 2.05) is 32.9 Å². The minimum atomic E-state index is -0.403. The number of hydrogen-bond donors (Lipinski definition) is 1. The molecule has 1 rings (SSSR count). The third-order valence-corrected chi connectivity index (χ3v) is 1.97. The van der Waals surface area contributed by atoms with Crippen LogP contribution in [0, 0.1) is 0 Å². The van der Waals surface area contributed by atoms with Gasteiger partial charge < -0.3 is 0 Å². The molecule has 0 atom stereocenters. The minimum absolute atomic E-state index is 0.306. The molecule has 0 aromatic heterocycles. The molecule has 0 aliphatic rings. The zero-order chi connectivity index (χ0) is 12.9. The van der Waals surface area contributed by atoms with E-state index in [1.165, 1.54) is 6.08 Å². The molecule has 0 aliphatic carbocycles. The Balaban J connectivity index is 2.51. The molecule has 0 saturated carbocycles. The van der Waals surface area contributed by atoms with Gasteiger partial charge in [-0.3, -0.25) is 9.63 Å². The van der Waals surface area contributed by atoms with E-state index in [0.29, 0.717) is 5.02 Å². The van der Waals surface area contributed by atoms with Crippen LogP contribution < -0.4 is 5.48 Å². The van der Waals surface area contributed by atoms with Crippen molar-refractivity contribution in [2.24, 2.45) is 0 Å². The predicted molar refractivity (Wildman–Crippen MR) is 69.5 cm³/mol. The maximum atomic E-state index is 11.4. The molecule has 0 spiro atoms. The summed E-state index contributed by atoms with van der Waals surface area (Å²) in [6.07, 6.45) is 3.07. The fourth-order valence-corrected chi connectivity index (χ4v) is 1.22. The van der Waals surface area contributed by atoms with Crippen LogP contribution in [-0.4, -0.2) is 11.5 Å². The first kappa shape index (κ1) is 13.7. The molecule has 3 nitrogen and oxygen atoms in total. The SMILES string of the molecule is CC(C)(C)ONC(=O)/C=C/c1cccc(Cl)c1. The Labute approximate surface area is 106 Å². The van der Waals surface area contributed by atoms with Crippen LogP contribution in [0.15, 0.2) is 30.3 Å². The van der Waals surface area contributed by atoms with Gasteiger partial charge in [0, 0.05) is 11.1 Å². The van der Waals surface area contributed by atoms with Gasteiger partial charge in [0.15, 0.2) is 0 Å². The minimum Gasteiger partial charge on any atom is -0.268 e. The predicted octanol–water partition coefficient (Wildman–Crippen LogP) is 3.20. The van der Waals surface area contributed by atoms with Crippen molar-refractivity contribution < 1.29 is 9.63 Å². The monoisotopic (exact) mass is 253 g/mol. The number of carbonyl (C=O) groups excluding carboxylic acids is 1. The fraction of sp³-hybridized carbons (Fsp3) is 0.308. The number of hydrogen-bond acceptors (Lipinski definition) is 2. The molecule has 0 radical (unpaired) electrons. The Morgan fingerprint density at radius 2 is 2.12 bits per heavy atom. The van der Waals surface area contributed by atoms with Gasteiger partial charge in [-0.25, -0.2) is 5.48 Å². The van der Waals surface area contributed by atoms with Crippen LogP contribution in [0.2, 0.25) is 5.02 Å². The first-order valence-corrected chi connectivity index (χ1v) is 5.66. The van der Waals surface area contributed by atoms with E-state index >= 15 is 0 Å². The standard InChI is InChI=1S/C13H16ClNO2/c1-13(2,3)17-15-12(16)8-7-10-5-4-6-11(14)9-10/h4-9H,1-3H3,(H,15,16)/b8-7+. The second-order valence-electron chi connectivity index (χ2n) is 4.57. The molecule has 0 bridgehead atoms. The van der Waals surface area contributed by atoms with Crippen molar-refractivity contribution in [3.8, 4) is 0 Å². The number of halogens is 1. The number of carbonyl (C=O) groups is 1. The summed E-state index contributed by atoms with van der Waals surface area (Å²) in [4.78, 5) is 16.5. The van der Waals surface area contributed by atoms with Crippen LogP contribution in [0.5, 0.6) is 0 Å². The van der Waals surface area contributed by atoms with E-state index < -0.39 is 5.60 Å². The quantitative estimate of drug-likeness (QED) is 0.664.